The van der Waals surface area contributed by atoms with Gasteiger partial charge in [0.2, 0.25) is 11.8 Å². The Hall–Kier alpha value is -4.76. The SMILES string of the molecule is Nc1ccc(CN(Cc2ccc(NC(=O)[C@@H]3CCCN3C(=O)C(c3ccccc3)N3CC[C@@H](F)C3)cc2)c2ccc(F)cc2)cc1. The van der Waals surface area contributed by atoms with Gasteiger partial charge >= 0.3 is 0 Å². The number of rotatable bonds is 10. The highest BCUT2D eigenvalue weighted by molar-refractivity contribution is 5.98. The number of hydrogen-bond donors (Lipinski definition) is 2. The molecule has 238 valence electrons. The number of hydrogen-bond acceptors (Lipinski definition) is 5. The maximum Gasteiger partial charge on any atom is 0.247 e. The van der Waals surface area contributed by atoms with E-state index in [0.717, 1.165) is 28.8 Å². The summed E-state index contributed by atoms with van der Waals surface area (Å²) in [4.78, 5) is 33.2. The van der Waals surface area contributed by atoms with Crippen molar-refractivity contribution in [3.05, 3.63) is 126 Å². The quantitative estimate of drug-likeness (QED) is 0.202. The summed E-state index contributed by atoms with van der Waals surface area (Å²) in [6.45, 7) is 2.36. The molecule has 6 rings (SSSR count). The van der Waals surface area contributed by atoms with Crippen molar-refractivity contribution in [1.82, 2.24) is 9.80 Å². The van der Waals surface area contributed by atoms with Gasteiger partial charge in [0.25, 0.3) is 0 Å². The second-order valence-corrected chi connectivity index (χ2v) is 12.1. The lowest BCUT2D eigenvalue weighted by Gasteiger charge is -2.33. The summed E-state index contributed by atoms with van der Waals surface area (Å²) in [6.07, 6.45) is 0.740. The van der Waals surface area contributed by atoms with Crippen LogP contribution in [0.3, 0.4) is 0 Å². The molecule has 2 aliphatic heterocycles. The molecular formula is C37H39F2N5O2. The Labute approximate surface area is 268 Å². The number of halogens is 2. The third-order valence-electron chi connectivity index (χ3n) is 8.85. The average Bonchev–Trinajstić information content (AvgIpc) is 3.73. The van der Waals surface area contributed by atoms with E-state index in [-0.39, 0.29) is 24.2 Å². The molecule has 0 saturated carbocycles. The molecule has 2 saturated heterocycles. The van der Waals surface area contributed by atoms with Crippen LogP contribution in [0.2, 0.25) is 0 Å². The zero-order valence-corrected chi connectivity index (χ0v) is 25.7. The van der Waals surface area contributed by atoms with Crippen molar-refractivity contribution < 1.29 is 18.4 Å². The van der Waals surface area contributed by atoms with Gasteiger partial charge in [-0.3, -0.25) is 14.5 Å². The van der Waals surface area contributed by atoms with E-state index in [2.05, 4.69) is 10.2 Å². The van der Waals surface area contributed by atoms with Gasteiger partial charge in [-0.1, -0.05) is 54.6 Å². The minimum absolute atomic E-state index is 0.157. The summed E-state index contributed by atoms with van der Waals surface area (Å²) in [6, 6.07) is 30.0. The summed E-state index contributed by atoms with van der Waals surface area (Å²) in [7, 11) is 0. The van der Waals surface area contributed by atoms with Crippen LogP contribution >= 0.6 is 0 Å². The molecule has 46 heavy (non-hydrogen) atoms. The van der Waals surface area contributed by atoms with Crippen LogP contribution in [0.5, 0.6) is 0 Å². The molecule has 9 heteroatoms. The smallest absolute Gasteiger partial charge is 0.247 e. The Kier molecular flexibility index (Phi) is 9.59. The van der Waals surface area contributed by atoms with E-state index in [0.29, 0.717) is 50.4 Å². The molecule has 0 radical (unpaired) electrons. The molecule has 2 aliphatic rings. The number of carbonyl (C=O) groups excluding carboxylic acids is 2. The Balaban J connectivity index is 1.13. The van der Waals surface area contributed by atoms with Crippen LogP contribution in [0.4, 0.5) is 25.8 Å². The first-order valence-corrected chi connectivity index (χ1v) is 15.8. The fourth-order valence-electron chi connectivity index (χ4n) is 6.46. The number of nitrogens with two attached hydrogens (primary N) is 1. The molecule has 0 aromatic heterocycles. The predicted molar refractivity (Wildman–Crippen MR) is 177 cm³/mol. The lowest BCUT2D eigenvalue weighted by atomic mass is 10.0. The monoisotopic (exact) mass is 623 g/mol. The molecule has 0 spiro atoms. The number of nitrogen functional groups attached to an aromatic ring is 1. The van der Waals surface area contributed by atoms with E-state index in [1.54, 1.807) is 17.0 Å². The number of likely N-dealkylation sites (tertiary alicyclic amines) is 2. The van der Waals surface area contributed by atoms with Crippen LogP contribution in [-0.4, -0.2) is 53.5 Å². The van der Waals surface area contributed by atoms with Crippen LogP contribution in [-0.2, 0) is 22.7 Å². The first-order chi connectivity index (χ1) is 22.3. The van der Waals surface area contributed by atoms with Crippen molar-refractivity contribution in [2.75, 3.05) is 35.6 Å². The average molecular weight is 624 g/mol. The Morgan fingerprint density at radius 2 is 1.50 bits per heavy atom. The van der Waals surface area contributed by atoms with Gasteiger partial charge in [0.1, 0.15) is 24.1 Å². The van der Waals surface area contributed by atoms with E-state index in [1.165, 1.54) is 12.1 Å². The highest BCUT2D eigenvalue weighted by atomic mass is 19.1. The van der Waals surface area contributed by atoms with Crippen molar-refractivity contribution in [2.24, 2.45) is 0 Å². The molecular weight excluding hydrogens is 584 g/mol. The van der Waals surface area contributed by atoms with Crippen molar-refractivity contribution in [3.8, 4) is 0 Å². The molecule has 1 unspecified atom stereocenters. The maximum absolute atomic E-state index is 14.2. The highest BCUT2D eigenvalue weighted by Crippen LogP contribution is 2.32. The number of nitrogens with zero attached hydrogens (tertiary/aromatic N) is 3. The molecule has 3 N–H and O–H groups in total. The standard InChI is InChI=1S/C37H39F2N5O2/c38-29-12-18-33(19-13-29)43(23-26-8-14-31(40)15-9-26)24-27-10-16-32(17-11-27)41-36(45)34-7-4-21-44(34)37(46)35(28-5-2-1-3-6-28)42-22-20-30(39)25-42/h1-3,5-6,8-19,30,34-35H,4,7,20-25,40H2,(H,41,45)/t30-,34+,35?/m1/s1. The summed E-state index contributed by atoms with van der Waals surface area (Å²) < 4.78 is 27.9. The van der Waals surface area contributed by atoms with Crippen molar-refractivity contribution in [2.45, 2.75) is 50.6 Å². The van der Waals surface area contributed by atoms with Crippen LogP contribution in [0.1, 0.15) is 42.0 Å². The van der Waals surface area contributed by atoms with Crippen LogP contribution in [0.25, 0.3) is 0 Å². The fourth-order valence-corrected chi connectivity index (χ4v) is 6.46. The summed E-state index contributed by atoms with van der Waals surface area (Å²) >= 11 is 0. The second-order valence-electron chi connectivity index (χ2n) is 12.1. The molecule has 4 aromatic carbocycles. The molecule has 2 heterocycles. The molecule has 4 aromatic rings. The van der Waals surface area contributed by atoms with Gasteiger partial charge in [0, 0.05) is 49.8 Å². The van der Waals surface area contributed by atoms with E-state index >= 15 is 0 Å². The number of nitrogens with one attached hydrogen (secondary N) is 1. The fraction of sp³-hybridized carbons (Fsp3) is 0.297. The van der Waals surface area contributed by atoms with Gasteiger partial charge in [-0.25, -0.2) is 8.78 Å². The van der Waals surface area contributed by atoms with Crippen LogP contribution in [0.15, 0.2) is 103 Å². The largest absolute Gasteiger partial charge is 0.399 e. The number of alkyl halides is 1. The minimum atomic E-state index is -0.958. The normalized spacial score (nSPS) is 18.8. The molecule has 2 fully saturated rings. The third kappa shape index (κ3) is 7.37. The maximum atomic E-state index is 14.2. The highest BCUT2D eigenvalue weighted by Gasteiger charge is 2.41. The first kappa shape index (κ1) is 31.2. The van der Waals surface area contributed by atoms with Crippen LogP contribution in [0, 0.1) is 5.82 Å². The Bertz CT molecular complexity index is 1620. The minimum Gasteiger partial charge on any atom is -0.399 e. The van der Waals surface area contributed by atoms with Crippen molar-refractivity contribution >= 4 is 28.9 Å². The molecule has 3 atom stereocenters. The Morgan fingerprint density at radius 3 is 2.13 bits per heavy atom. The van der Waals surface area contributed by atoms with E-state index < -0.39 is 18.3 Å². The zero-order valence-electron chi connectivity index (χ0n) is 25.7. The molecule has 0 bridgehead atoms. The van der Waals surface area contributed by atoms with Gasteiger partial charge in [0.15, 0.2) is 0 Å². The molecule has 0 aliphatic carbocycles. The number of carbonyl (C=O) groups is 2. The van der Waals surface area contributed by atoms with E-state index in [1.807, 2.05) is 83.8 Å². The summed E-state index contributed by atoms with van der Waals surface area (Å²) in [5.41, 5.74) is 11.0. The van der Waals surface area contributed by atoms with Gasteiger partial charge in [-0.2, -0.15) is 0 Å². The number of anilines is 3. The van der Waals surface area contributed by atoms with Crippen LogP contribution < -0.4 is 16.0 Å². The summed E-state index contributed by atoms with van der Waals surface area (Å²) in [5, 5.41) is 3.01. The zero-order chi connectivity index (χ0) is 32.0. The first-order valence-electron chi connectivity index (χ1n) is 15.8. The molecule has 7 nitrogen and oxygen atoms in total. The lowest BCUT2D eigenvalue weighted by molar-refractivity contribution is -0.141. The number of amides is 2. The number of benzene rings is 4. The van der Waals surface area contributed by atoms with Gasteiger partial charge in [-0.15, -0.1) is 0 Å². The topological polar surface area (TPSA) is 81.9 Å². The van der Waals surface area contributed by atoms with Gasteiger partial charge < -0.3 is 20.9 Å². The lowest BCUT2D eigenvalue weighted by Crippen LogP contribution is -2.48. The van der Waals surface area contributed by atoms with E-state index in [4.69, 9.17) is 5.73 Å². The van der Waals surface area contributed by atoms with E-state index in [9.17, 15) is 18.4 Å². The van der Waals surface area contributed by atoms with Crippen molar-refractivity contribution in [1.29, 1.82) is 0 Å². The second kappa shape index (κ2) is 14.1. The summed E-state index contributed by atoms with van der Waals surface area (Å²) in [5.74, 6) is -0.680. The Morgan fingerprint density at radius 1 is 0.848 bits per heavy atom. The van der Waals surface area contributed by atoms with Gasteiger partial charge in [0.05, 0.1) is 0 Å². The van der Waals surface area contributed by atoms with Crippen molar-refractivity contribution in [3.63, 3.8) is 0 Å². The molecule has 2 amide bonds. The van der Waals surface area contributed by atoms with Gasteiger partial charge in [-0.05, 0) is 84.5 Å². The predicted octanol–water partition coefficient (Wildman–Crippen LogP) is 6.33. The third-order valence-corrected chi connectivity index (χ3v) is 8.85.